The third-order valence-corrected chi connectivity index (χ3v) is 3.59. The van der Waals surface area contributed by atoms with Crippen molar-refractivity contribution >= 4 is 21.9 Å². The van der Waals surface area contributed by atoms with Crippen molar-refractivity contribution in [2.75, 3.05) is 13.1 Å². The topological polar surface area (TPSA) is 49.3 Å². The van der Waals surface area contributed by atoms with Crippen LogP contribution < -0.4 is 5.32 Å². The fourth-order valence-electron chi connectivity index (χ4n) is 2.11. The van der Waals surface area contributed by atoms with Crippen molar-refractivity contribution in [1.29, 1.82) is 0 Å². The Morgan fingerprint density at radius 1 is 1.50 bits per heavy atom. The molecule has 1 aromatic rings. The van der Waals surface area contributed by atoms with Crippen molar-refractivity contribution in [2.24, 2.45) is 5.92 Å². The minimum Gasteiger partial charge on any atom is -0.481 e. The zero-order valence-corrected chi connectivity index (χ0v) is 10.00. The molecule has 5 heteroatoms. The van der Waals surface area contributed by atoms with Crippen molar-refractivity contribution in [2.45, 2.75) is 5.92 Å². The van der Waals surface area contributed by atoms with E-state index in [0.717, 1.165) is 0 Å². The van der Waals surface area contributed by atoms with Gasteiger partial charge in [0.05, 0.1) is 5.92 Å². The summed E-state index contributed by atoms with van der Waals surface area (Å²) in [5.41, 5.74) is 0.458. The van der Waals surface area contributed by atoms with Crippen molar-refractivity contribution in [3.05, 3.63) is 34.1 Å². The molecule has 16 heavy (non-hydrogen) atoms. The molecule has 0 amide bonds. The Kier molecular flexibility index (Phi) is 3.25. The molecule has 0 radical (unpaired) electrons. The van der Waals surface area contributed by atoms with Gasteiger partial charge in [0.25, 0.3) is 0 Å². The molecule has 2 rings (SSSR count). The number of carboxylic acids is 1. The summed E-state index contributed by atoms with van der Waals surface area (Å²) in [6, 6.07) is 4.69. The molecule has 1 heterocycles. The summed E-state index contributed by atoms with van der Waals surface area (Å²) in [4.78, 5) is 11.0. The molecule has 2 unspecified atom stereocenters. The summed E-state index contributed by atoms with van der Waals surface area (Å²) in [5.74, 6) is -2.11. The van der Waals surface area contributed by atoms with Crippen LogP contribution in [0.4, 0.5) is 4.39 Å². The number of hydrogen-bond donors (Lipinski definition) is 2. The third-order valence-electron chi connectivity index (χ3n) is 2.90. The van der Waals surface area contributed by atoms with Crippen molar-refractivity contribution in [1.82, 2.24) is 5.32 Å². The molecule has 1 aromatic carbocycles. The maximum atomic E-state index is 13.7. The zero-order chi connectivity index (χ0) is 11.7. The molecule has 0 saturated carbocycles. The molecule has 2 N–H and O–H groups in total. The first kappa shape index (κ1) is 11.5. The average molecular weight is 288 g/mol. The molecule has 1 aliphatic rings. The molecule has 0 aromatic heterocycles. The second-order valence-electron chi connectivity index (χ2n) is 3.84. The number of rotatable bonds is 2. The first-order valence-corrected chi connectivity index (χ1v) is 5.78. The number of hydrogen-bond acceptors (Lipinski definition) is 2. The molecule has 3 nitrogen and oxygen atoms in total. The van der Waals surface area contributed by atoms with Gasteiger partial charge in [0.2, 0.25) is 0 Å². The van der Waals surface area contributed by atoms with Crippen LogP contribution in [0.25, 0.3) is 0 Å². The number of carboxylic acid groups (broad SMARTS) is 1. The van der Waals surface area contributed by atoms with Gasteiger partial charge in [0.1, 0.15) is 5.82 Å². The van der Waals surface area contributed by atoms with E-state index in [9.17, 15) is 9.18 Å². The molecule has 1 saturated heterocycles. The maximum absolute atomic E-state index is 13.7. The first-order valence-electron chi connectivity index (χ1n) is 4.98. The SMILES string of the molecule is O=C(O)C1CNCC1c1c(F)cccc1Br. The van der Waals surface area contributed by atoms with E-state index < -0.39 is 11.9 Å². The van der Waals surface area contributed by atoms with Crippen LogP contribution in [-0.4, -0.2) is 24.2 Å². The number of nitrogens with one attached hydrogen (secondary N) is 1. The van der Waals surface area contributed by atoms with E-state index in [1.165, 1.54) is 6.07 Å². The molecule has 1 fully saturated rings. The second-order valence-corrected chi connectivity index (χ2v) is 4.70. The van der Waals surface area contributed by atoms with Gasteiger partial charge in [-0.3, -0.25) is 4.79 Å². The summed E-state index contributed by atoms with van der Waals surface area (Å²) >= 11 is 3.27. The Balaban J connectivity index is 2.40. The molecular formula is C11H11BrFNO2. The van der Waals surface area contributed by atoms with Crippen LogP contribution in [0, 0.1) is 11.7 Å². The Labute approximate surface area is 101 Å². The largest absolute Gasteiger partial charge is 0.481 e. The van der Waals surface area contributed by atoms with Gasteiger partial charge in [-0.15, -0.1) is 0 Å². The second kappa shape index (κ2) is 4.51. The highest BCUT2D eigenvalue weighted by Gasteiger charge is 2.36. The van der Waals surface area contributed by atoms with Crippen LogP contribution >= 0.6 is 15.9 Å². The van der Waals surface area contributed by atoms with Gasteiger partial charge in [-0.2, -0.15) is 0 Å². The van der Waals surface area contributed by atoms with Crippen molar-refractivity contribution in [3.8, 4) is 0 Å². The van der Waals surface area contributed by atoms with Crippen LogP contribution in [0.3, 0.4) is 0 Å². The first-order chi connectivity index (χ1) is 7.61. The van der Waals surface area contributed by atoms with E-state index in [1.807, 2.05) is 0 Å². The highest BCUT2D eigenvalue weighted by atomic mass is 79.9. The van der Waals surface area contributed by atoms with Gasteiger partial charge in [0.15, 0.2) is 0 Å². The van der Waals surface area contributed by atoms with Gasteiger partial charge in [-0.1, -0.05) is 22.0 Å². The van der Waals surface area contributed by atoms with Crippen LogP contribution in [0.15, 0.2) is 22.7 Å². The van der Waals surface area contributed by atoms with Gasteiger partial charge >= 0.3 is 5.97 Å². The number of benzene rings is 1. The summed E-state index contributed by atoms with van der Waals surface area (Å²) < 4.78 is 14.3. The van der Waals surface area contributed by atoms with Gasteiger partial charge in [0, 0.05) is 29.0 Å². The van der Waals surface area contributed by atoms with E-state index in [4.69, 9.17) is 5.11 Å². The van der Waals surface area contributed by atoms with E-state index in [-0.39, 0.29) is 11.7 Å². The quantitative estimate of drug-likeness (QED) is 0.875. The van der Waals surface area contributed by atoms with Crippen LogP contribution in [0.2, 0.25) is 0 Å². The number of aliphatic carboxylic acids is 1. The van der Waals surface area contributed by atoms with E-state index >= 15 is 0 Å². The molecule has 1 aliphatic heterocycles. The summed E-state index contributed by atoms with van der Waals surface area (Å²) in [6.07, 6.45) is 0. The van der Waals surface area contributed by atoms with E-state index in [1.54, 1.807) is 12.1 Å². The van der Waals surface area contributed by atoms with Crippen molar-refractivity contribution in [3.63, 3.8) is 0 Å². The van der Waals surface area contributed by atoms with E-state index in [2.05, 4.69) is 21.2 Å². The molecule has 0 spiro atoms. The minimum atomic E-state index is -0.884. The molecular weight excluding hydrogens is 277 g/mol. The number of carbonyl (C=O) groups is 1. The fraction of sp³-hybridized carbons (Fsp3) is 0.364. The lowest BCUT2D eigenvalue weighted by Gasteiger charge is -2.17. The van der Waals surface area contributed by atoms with Crippen molar-refractivity contribution < 1.29 is 14.3 Å². The predicted octanol–water partition coefficient (Wildman–Crippen LogP) is 1.98. The van der Waals surface area contributed by atoms with Crippen LogP contribution in [0.1, 0.15) is 11.5 Å². The fourth-order valence-corrected chi connectivity index (χ4v) is 2.74. The predicted molar refractivity (Wildman–Crippen MR) is 60.8 cm³/mol. The zero-order valence-electron chi connectivity index (χ0n) is 8.41. The molecule has 2 atom stereocenters. The van der Waals surface area contributed by atoms with Gasteiger partial charge in [-0.25, -0.2) is 4.39 Å². The normalized spacial score (nSPS) is 24.6. The monoisotopic (exact) mass is 287 g/mol. The van der Waals surface area contributed by atoms with Crippen LogP contribution in [0.5, 0.6) is 0 Å². The lowest BCUT2D eigenvalue weighted by molar-refractivity contribution is -0.141. The lowest BCUT2D eigenvalue weighted by atomic mass is 9.89. The maximum Gasteiger partial charge on any atom is 0.308 e. The van der Waals surface area contributed by atoms with E-state index in [0.29, 0.717) is 23.1 Å². The lowest BCUT2D eigenvalue weighted by Crippen LogP contribution is -2.21. The summed E-state index contributed by atoms with van der Waals surface area (Å²) in [7, 11) is 0. The smallest absolute Gasteiger partial charge is 0.308 e. The third kappa shape index (κ3) is 1.97. The Morgan fingerprint density at radius 2 is 2.25 bits per heavy atom. The van der Waals surface area contributed by atoms with Gasteiger partial charge < -0.3 is 10.4 Å². The molecule has 0 bridgehead atoms. The summed E-state index contributed by atoms with van der Waals surface area (Å²) in [6.45, 7) is 0.886. The summed E-state index contributed by atoms with van der Waals surface area (Å²) in [5, 5.41) is 12.0. The standard InChI is InChI=1S/C11H11BrFNO2/c12-8-2-1-3-9(13)10(8)6-4-14-5-7(6)11(15)16/h1-3,6-7,14H,4-5H2,(H,15,16). The van der Waals surface area contributed by atoms with Crippen LogP contribution in [-0.2, 0) is 4.79 Å². The highest BCUT2D eigenvalue weighted by molar-refractivity contribution is 9.10. The van der Waals surface area contributed by atoms with Gasteiger partial charge in [-0.05, 0) is 12.1 Å². The molecule has 0 aliphatic carbocycles. The Morgan fingerprint density at radius 3 is 2.88 bits per heavy atom. The minimum absolute atomic E-state index is 0.312. The Hall–Kier alpha value is -0.940. The molecule has 86 valence electrons. The number of halogens is 2. The Bertz CT molecular complexity index is 404. The average Bonchev–Trinajstić information content (AvgIpc) is 2.66. The highest BCUT2D eigenvalue weighted by Crippen LogP contribution is 2.34.